The highest BCUT2D eigenvalue weighted by molar-refractivity contribution is 6.06. The maximum absolute atomic E-state index is 12.5. The second kappa shape index (κ2) is 6.24. The van der Waals surface area contributed by atoms with Crippen molar-refractivity contribution in [2.75, 3.05) is 5.32 Å². The van der Waals surface area contributed by atoms with Gasteiger partial charge in [-0.25, -0.2) is 0 Å². The molecular weight excluding hydrogens is 288 g/mol. The fourth-order valence-corrected chi connectivity index (χ4v) is 2.50. The van der Waals surface area contributed by atoms with Crippen LogP contribution in [0.25, 0.3) is 0 Å². The Morgan fingerprint density at radius 1 is 0.913 bits per heavy atom. The molecule has 2 aromatic rings. The van der Waals surface area contributed by atoms with Gasteiger partial charge in [0.2, 0.25) is 0 Å². The molecule has 1 saturated carbocycles. The van der Waals surface area contributed by atoms with Crippen LogP contribution in [0.5, 0.6) is 0 Å². The predicted octanol–water partition coefficient (Wildman–Crippen LogP) is 3.45. The number of aryl methyl sites for hydroxylation is 2. The lowest BCUT2D eigenvalue weighted by molar-refractivity contribution is 0.0951. The zero-order chi connectivity index (χ0) is 16.4. The summed E-state index contributed by atoms with van der Waals surface area (Å²) in [6, 6.07) is 13.0. The summed E-state index contributed by atoms with van der Waals surface area (Å²) >= 11 is 0. The van der Waals surface area contributed by atoms with E-state index in [1.807, 2.05) is 32.0 Å². The third-order valence-corrected chi connectivity index (χ3v) is 4.02. The molecule has 0 saturated heterocycles. The number of anilines is 1. The molecule has 2 N–H and O–H groups in total. The first-order chi connectivity index (χ1) is 11.0. The summed E-state index contributed by atoms with van der Waals surface area (Å²) in [7, 11) is 0. The number of amides is 2. The minimum absolute atomic E-state index is 0.116. The summed E-state index contributed by atoms with van der Waals surface area (Å²) in [5.41, 5.74) is 3.86. The van der Waals surface area contributed by atoms with Crippen molar-refractivity contribution in [2.24, 2.45) is 0 Å². The monoisotopic (exact) mass is 308 g/mol. The Balaban J connectivity index is 1.78. The average Bonchev–Trinajstić information content (AvgIpc) is 3.35. The molecule has 0 bridgehead atoms. The number of benzene rings is 2. The van der Waals surface area contributed by atoms with E-state index in [0.29, 0.717) is 17.2 Å². The van der Waals surface area contributed by atoms with Crippen LogP contribution in [0.3, 0.4) is 0 Å². The summed E-state index contributed by atoms with van der Waals surface area (Å²) in [6.45, 7) is 3.92. The molecule has 2 amide bonds. The van der Waals surface area contributed by atoms with Crippen LogP contribution in [0, 0.1) is 13.8 Å². The molecule has 1 aliphatic carbocycles. The molecule has 4 heteroatoms. The van der Waals surface area contributed by atoms with Crippen molar-refractivity contribution in [2.45, 2.75) is 32.7 Å². The van der Waals surface area contributed by atoms with Gasteiger partial charge in [0.25, 0.3) is 11.8 Å². The fraction of sp³-hybridized carbons (Fsp3) is 0.263. The second-order valence-electron chi connectivity index (χ2n) is 6.05. The van der Waals surface area contributed by atoms with E-state index in [9.17, 15) is 9.59 Å². The van der Waals surface area contributed by atoms with Gasteiger partial charge >= 0.3 is 0 Å². The first-order valence-corrected chi connectivity index (χ1v) is 7.83. The summed E-state index contributed by atoms with van der Waals surface area (Å²) < 4.78 is 0. The lowest BCUT2D eigenvalue weighted by atomic mass is 10.1. The number of rotatable bonds is 4. The highest BCUT2D eigenvalue weighted by atomic mass is 16.2. The third-order valence-electron chi connectivity index (χ3n) is 4.02. The Morgan fingerprint density at radius 2 is 1.48 bits per heavy atom. The predicted molar refractivity (Wildman–Crippen MR) is 90.8 cm³/mol. The minimum atomic E-state index is -0.205. The first kappa shape index (κ1) is 15.3. The standard InChI is InChI=1S/C19H20N2O2/c1-12-5-3-6-13(2)17(12)21-19(23)15-8-4-7-14(11-15)18(22)20-16-9-10-16/h3-8,11,16H,9-10H2,1-2H3,(H,20,22)(H,21,23). The van der Waals surface area contributed by atoms with Crippen LogP contribution in [0.1, 0.15) is 44.7 Å². The molecule has 1 fully saturated rings. The van der Waals surface area contributed by atoms with E-state index in [1.54, 1.807) is 24.3 Å². The van der Waals surface area contributed by atoms with E-state index >= 15 is 0 Å². The number of carbonyl (C=O) groups excluding carboxylic acids is 2. The van der Waals surface area contributed by atoms with Gasteiger partial charge in [-0.2, -0.15) is 0 Å². The van der Waals surface area contributed by atoms with Crippen LogP contribution in [0.15, 0.2) is 42.5 Å². The smallest absolute Gasteiger partial charge is 0.255 e. The molecule has 4 nitrogen and oxygen atoms in total. The van der Waals surface area contributed by atoms with E-state index in [4.69, 9.17) is 0 Å². The largest absolute Gasteiger partial charge is 0.349 e. The molecule has 3 rings (SSSR count). The van der Waals surface area contributed by atoms with Crippen molar-refractivity contribution >= 4 is 17.5 Å². The van der Waals surface area contributed by atoms with Crippen LogP contribution in [0.4, 0.5) is 5.69 Å². The molecule has 0 heterocycles. The quantitative estimate of drug-likeness (QED) is 0.909. The molecule has 118 valence electrons. The lowest BCUT2D eigenvalue weighted by Crippen LogP contribution is -2.25. The topological polar surface area (TPSA) is 58.2 Å². The number of carbonyl (C=O) groups is 2. The van der Waals surface area contributed by atoms with E-state index in [-0.39, 0.29) is 11.8 Å². The van der Waals surface area contributed by atoms with Crippen molar-refractivity contribution in [1.29, 1.82) is 0 Å². The number of hydrogen-bond acceptors (Lipinski definition) is 2. The summed E-state index contributed by atoms with van der Waals surface area (Å²) in [4.78, 5) is 24.6. The maximum atomic E-state index is 12.5. The molecule has 0 unspecified atom stereocenters. The SMILES string of the molecule is Cc1cccc(C)c1NC(=O)c1cccc(C(=O)NC2CC2)c1. The summed E-state index contributed by atoms with van der Waals surface area (Å²) in [6.07, 6.45) is 2.08. The molecule has 0 spiro atoms. The first-order valence-electron chi connectivity index (χ1n) is 7.83. The molecule has 1 aliphatic rings. The molecule has 0 aromatic heterocycles. The molecule has 0 aliphatic heterocycles. The van der Waals surface area contributed by atoms with Gasteiger partial charge in [0, 0.05) is 22.9 Å². The highest BCUT2D eigenvalue weighted by Crippen LogP contribution is 2.21. The van der Waals surface area contributed by atoms with Gasteiger partial charge in [-0.15, -0.1) is 0 Å². The Kier molecular flexibility index (Phi) is 4.15. The van der Waals surface area contributed by atoms with Gasteiger partial charge in [-0.05, 0) is 56.0 Å². The summed E-state index contributed by atoms with van der Waals surface area (Å²) in [5.74, 6) is -0.322. The zero-order valence-corrected chi connectivity index (χ0v) is 13.3. The highest BCUT2D eigenvalue weighted by Gasteiger charge is 2.24. The molecule has 23 heavy (non-hydrogen) atoms. The van der Waals surface area contributed by atoms with E-state index in [1.165, 1.54) is 0 Å². The van der Waals surface area contributed by atoms with Crippen molar-refractivity contribution in [3.8, 4) is 0 Å². The number of nitrogens with one attached hydrogen (secondary N) is 2. The van der Waals surface area contributed by atoms with Crippen molar-refractivity contribution in [1.82, 2.24) is 5.32 Å². The van der Waals surface area contributed by atoms with Crippen LogP contribution in [-0.4, -0.2) is 17.9 Å². The van der Waals surface area contributed by atoms with E-state index < -0.39 is 0 Å². The zero-order valence-electron chi connectivity index (χ0n) is 13.3. The molecule has 0 radical (unpaired) electrons. The molecular formula is C19H20N2O2. The van der Waals surface area contributed by atoms with Crippen molar-refractivity contribution < 1.29 is 9.59 Å². The fourth-order valence-electron chi connectivity index (χ4n) is 2.50. The van der Waals surface area contributed by atoms with E-state index in [2.05, 4.69) is 10.6 Å². The van der Waals surface area contributed by atoms with Gasteiger partial charge in [0.15, 0.2) is 0 Å². The number of para-hydroxylation sites is 1. The van der Waals surface area contributed by atoms with Gasteiger partial charge in [0.1, 0.15) is 0 Å². The minimum Gasteiger partial charge on any atom is -0.349 e. The maximum Gasteiger partial charge on any atom is 0.255 e. The molecule has 2 aromatic carbocycles. The second-order valence-corrected chi connectivity index (χ2v) is 6.05. The average molecular weight is 308 g/mol. The van der Waals surface area contributed by atoms with Crippen LogP contribution in [-0.2, 0) is 0 Å². The van der Waals surface area contributed by atoms with Gasteiger partial charge in [-0.3, -0.25) is 9.59 Å². The van der Waals surface area contributed by atoms with Crippen LogP contribution >= 0.6 is 0 Å². The van der Waals surface area contributed by atoms with Gasteiger partial charge in [0.05, 0.1) is 0 Å². The Morgan fingerprint density at radius 3 is 2.09 bits per heavy atom. The van der Waals surface area contributed by atoms with Gasteiger partial charge in [-0.1, -0.05) is 24.3 Å². The van der Waals surface area contributed by atoms with E-state index in [0.717, 1.165) is 29.7 Å². The third kappa shape index (κ3) is 3.59. The Hall–Kier alpha value is -2.62. The number of hydrogen-bond donors (Lipinski definition) is 2. The summed E-state index contributed by atoms with van der Waals surface area (Å²) in [5, 5.41) is 5.88. The van der Waals surface area contributed by atoms with Crippen molar-refractivity contribution in [3.63, 3.8) is 0 Å². The molecule has 0 atom stereocenters. The lowest BCUT2D eigenvalue weighted by Gasteiger charge is -2.12. The van der Waals surface area contributed by atoms with Gasteiger partial charge < -0.3 is 10.6 Å². The Labute approximate surface area is 135 Å². The normalized spacial score (nSPS) is 13.5. The Bertz CT molecular complexity index is 743. The van der Waals surface area contributed by atoms with Crippen molar-refractivity contribution in [3.05, 3.63) is 64.7 Å². The van der Waals surface area contributed by atoms with Crippen LogP contribution < -0.4 is 10.6 Å². The van der Waals surface area contributed by atoms with Crippen LogP contribution in [0.2, 0.25) is 0 Å².